The SMILES string of the molecule is CC(=O)CCC1CCCC2(CC1)CC(CCN1CCN(c3ccc(F)cc3)C[C@H]1C)OC2=O. The minimum Gasteiger partial charge on any atom is -0.462 e. The van der Waals surface area contributed by atoms with Crippen LogP contribution in [0, 0.1) is 17.2 Å². The van der Waals surface area contributed by atoms with Crippen LogP contribution in [0.25, 0.3) is 0 Å². The van der Waals surface area contributed by atoms with Crippen molar-refractivity contribution >= 4 is 17.4 Å². The van der Waals surface area contributed by atoms with Crippen molar-refractivity contribution in [2.75, 3.05) is 31.1 Å². The second kappa shape index (κ2) is 10.5. The Hall–Kier alpha value is -1.95. The lowest BCUT2D eigenvalue weighted by molar-refractivity contribution is -0.149. The zero-order valence-electron chi connectivity index (χ0n) is 20.2. The van der Waals surface area contributed by atoms with Crippen LogP contribution >= 0.6 is 0 Å². The molecule has 2 aliphatic heterocycles. The number of halogens is 1. The first-order valence-corrected chi connectivity index (χ1v) is 12.8. The highest BCUT2D eigenvalue weighted by Gasteiger charge is 2.49. The van der Waals surface area contributed by atoms with Gasteiger partial charge in [0, 0.05) is 50.7 Å². The van der Waals surface area contributed by atoms with Gasteiger partial charge in [-0.05, 0) is 76.1 Å². The molecule has 4 rings (SSSR count). The van der Waals surface area contributed by atoms with E-state index in [9.17, 15) is 14.0 Å². The number of carbonyl (C=O) groups excluding carboxylic acids is 2. The molecule has 3 fully saturated rings. The number of carbonyl (C=O) groups is 2. The molecule has 3 unspecified atom stereocenters. The van der Waals surface area contributed by atoms with Gasteiger partial charge in [0.1, 0.15) is 17.7 Å². The molecule has 0 N–H and O–H groups in total. The van der Waals surface area contributed by atoms with E-state index in [4.69, 9.17) is 4.74 Å². The number of ketones is 1. The Bertz CT molecular complexity index is 829. The third-order valence-electron chi connectivity index (χ3n) is 8.22. The smallest absolute Gasteiger partial charge is 0.312 e. The van der Waals surface area contributed by atoms with Crippen molar-refractivity contribution < 1.29 is 18.7 Å². The Kier molecular flexibility index (Phi) is 7.72. The predicted octanol–water partition coefficient (Wildman–Crippen LogP) is 4.98. The molecule has 33 heavy (non-hydrogen) atoms. The maximum absolute atomic E-state index is 13.2. The molecule has 4 atom stereocenters. The summed E-state index contributed by atoms with van der Waals surface area (Å²) in [7, 11) is 0. The van der Waals surface area contributed by atoms with E-state index in [0.29, 0.717) is 18.4 Å². The summed E-state index contributed by atoms with van der Waals surface area (Å²) < 4.78 is 19.1. The van der Waals surface area contributed by atoms with Crippen LogP contribution in [0.1, 0.15) is 71.6 Å². The topological polar surface area (TPSA) is 49.9 Å². The first kappa shape index (κ1) is 24.2. The molecule has 0 bridgehead atoms. The van der Waals surface area contributed by atoms with E-state index in [-0.39, 0.29) is 29.1 Å². The highest BCUT2D eigenvalue weighted by molar-refractivity contribution is 5.79. The molecule has 1 aromatic rings. The summed E-state index contributed by atoms with van der Waals surface area (Å²) in [5, 5.41) is 0. The number of nitrogens with zero attached hydrogens (tertiary/aromatic N) is 2. The van der Waals surface area contributed by atoms with Gasteiger partial charge in [-0.1, -0.05) is 12.8 Å². The average Bonchev–Trinajstić information content (AvgIpc) is 2.95. The lowest BCUT2D eigenvalue weighted by atomic mass is 9.77. The minimum atomic E-state index is -0.289. The molecule has 1 aromatic carbocycles. The zero-order valence-corrected chi connectivity index (χ0v) is 20.2. The molecular formula is C27H39FN2O3. The number of ether oxygens (including phenoxy) is 1. The first-order chi connectivity index (χ1) is 15.8. The Labute approximate surface area is 197 Å². The van der Waals surface area contributed by atoms with E-state index in [1.54, 1.807) is 6.92 Å². The van der Waals surface area contributed by atoms with E-state index in [1.165, 1.54) is 12.1 Å². The van der Waals surface area contributed by atoms with Crippen LogP contribution < -0.4 is 4.90 Å². The Balaban J connectivity index is 1.25. The van der Waals surface area contributed by atoms with Crippen molar-refractivity contribution in [1.29, 1.82) is 0 Å². The van der Waals surface area contributed by atoms with E-state index >= 15 is 0 Å². The van der Waals surface area contributed by atoms with Crippen molar-refractivity contribution in [2.45, 2.75) is 83.8 Å². The third-order valence-corrected chi connectivity index (χ3v) is 8.22. The van der Waals surface area contributed by atoms with Crippen molar-refractivity contribution in [3.05, 3.63) is 30.1 Å². The van der Waals surface area contributed by atoms with E-state index in [1.807, 2.05) is 12.1 Å². The van der Waals surface area contributed by atoms with Crippen molar-refractivity contribution in [1.82, 2.24) is 4.90 Å². The number of piperazine rings is 1. The van der Waals surface area contributed by atoms with E-state index < -0.39 is 0 Å². The lowest BCUT2D eigenvalue weighted by Gasteiger charge is -2.41. The second-order valence-corrected chi connectivity index (χ2v) is 10.6. The van der Waals surface area contributed by atoms with Crippen LogP contribution in [0.3, 0.4) is 0 Å². The first-order valence-electron chi connectivity index (χ1n) is 12.8. The molecule has 0 aromatic heterocycles. The van der Waals surface area contributed by atoms with Crippen molar-refractivity contribution in [3.8, 4) is 0 Å². The number of anilines is 1. The standard InChI is InChI=1S/C27H39FN2O3/c1-20-19-30(24-9-7-23(28)8-10-24)17-16-29(20)15-12-25-18-27(26(32)33-25)13-3-4-22(11-14-27)6-5-21(2)31/h7-10,20,22,25H,3-6,11-19H2,1-2H3/t20-,22?,25?,27?/m1/s1. The van der Waals surface area contributed by atoms with Gasteiger partial charge in [-0.2, -0.15) is 0 Å². The zero-order chi connectivity index (χ0) is 23.4. The molecule has 182 valence electrons. The molecule has 1 saturated carbocycles. The van der Waals surface area contributed by atoms with E-state index in [0.717, 1.165) is 83.2 Å². The van der Waals surface area contributed by atoms with Gasteiger partial charge in [-0.15, -0.1) is 0 Å². The predicted molar refractivity (Wildman–Crippen MR) is 128 cm³/mol. The Morgan fingerprint density at radius 3 is 2.67 bits per heavy atom. The van der Waals surface area contributed by atoms with Crippen molar-refractivity contribution in [3.63, 3.8) is 0 Å². The van der Waals surface area contributed by atoms with Gasteiger partial charge in [0.2, 0.25) is 0 Å². The van der Waals surface area contributed by atoms with Gasteiger partial charge >= 0.3 is 5.97 Å². The Morgan fingerprint density at radius 2 is 1.94 bits per heavy atom. The third kappa shape index (κ3) is 5.95. The van der Waals surface area contributed by atoms with Crippen molar-refractivity contribution in [2.24, 2.45) is 11.3 Å². The van der Waals surface area contributed by atoms with Crippen LogP contribution in [0.4, 0.5) is 10.1 Å². The molecule has 5 nitrogen and oxygen atoms in total. The number of Topliss-reactive ketones (excluding diaryl/α,β-unsaturated/α-hetero) is 1. The van der Waals surface area contributed by atoms with Gasteiger partial charge in [-0.3, -0.25) is 9.69 Å². The average molecular weight is 459 g/mol. The fraction of sp³-hybridized carbons (Fsp3) is 0.704. The largest absolute Gasteiger partial charge is 0.462 e. The highest BCUT2D eigenvalue weighted by atomic mass is 19.1. The highest BCUT2D eigenvalue weighted by Crippen LogP contribution is 2.47. The molecular weight excluding hydrogens is 419 g/mol. The van der Waals surface area contributed by atoms with Gasteiger partial charge in [0.25, 0.3) is 0 Å². The summed E-state index contributed by atoms with van der Waals surface area (Å²) in [5.41, 5.74) is 0.784. The number of rotatable bonds is 7. The van der Waals surface area contributed by atoms with Crippen LogP contribution in [-0.4, -0.2) is 55.0 Å². The number of cyclic esters (lactones) is 1. The van der Waals surface area contributed by atoms with Crippen LogP contribution in [-0.2, 0) is 14.3 Å². The van der Waals surface area contributed by atoms with Gasteiger partial charge < -0.3 is 14.4 Å². The van der Waals surface area contributed by atoms with Crippen LogP contribution in [0.15, 0.2) is 24.3 Å². The molecule has 0 radical (unpaired) electrons. The molecule has 2 heterocycles. The van der Waals surface area contributed by atoms with E-state index in [2.05, 4.69) is 16.7 Å². The summed E-state index contributed by atoms with van der Waals surface area (Å²) in [4.78, 5) is 29.1. The number of esters is 1. The molecule has 1 aliphatic carbocycles. The Morgan fingerprint density at radius 1 is 1.15 bits per heavy atom. The number of benzene rings is 1. The molecule has 6 heteroatoms. The van der Waals surface area contributed by atoms with Gasteiger partial charge in [-0.25, -0.2) is 4.39 Å². The maximum atomic E-state index is 13.2. The number of hydrogen-bond acceptors (Lipinski definition) is 5. The molecule has 1 spiro atoms. The summed E-state index contributed by atoms with van der Waals surface area (Å²) in [6.07, 6.45) is 8.48. The monoisotopic (exact) mass is 458 g/mol. The lowest BCUT2D eigenvalue weighted by Crippen LogP contribution is -2.52. The summed E-state index contributed by atoms with van der Waals surface area (Å²) in [5.74, 6) is 0.656. The minimum absolute atomic E-state index is 0.0218. The molecule has 0 amide bonds. The summed E-state index contributed by atoms with van der Waals surface area (Å²) in [6.45, 7) is 7.65. The van der Waals surface area contributed by atoms with Gasteiger partial charge in [0.05, 0.1) is 5.41 Å². The fourth-order valence-electron chi connectivity index (χ4n) is 6.11. The van der Waals surface area contributed by atoms with Crippen LogP contribution in [0.5, 0.6) is 0 Å². The molecule has 3 aliphatic rings. The quantitative estimate of drug-likeness (QED) is 0.540. The van der Waals surface area contributed by atoms with Gasteiger partial charge in [0.15, 0.2) is 0 Å². The fourth-order valence-corrected chi connectivity index (χ4v) is 6.11. The molecule has 2 saturated heterocycles. The normalized spacial score (nSPS) is 30.9. The summed E-state index contributed by atoms with van der Waals surface area (Å²) >= 11 is 0. The summed E-state index contributed by atoms with van der Waals surface area (Å²) in [6, 6.07) is 7.15. The maximum Gasteiger partial charge on any atom is 0.312 e. The van der Waals surface area contributed by atoms with Crippen LogP contribution in [0.2, 0.25) is 0 Å². The second-order valence-electron chi connectivity index (χ2n) is 10.6. The number of hydrogen-bond donors (Lipinski definition) is 0.